The first-order chi connectivity index (χ1) is 8.93. The Bertz CT molecular complexity index is 315. The molecule has 0 aromatic carbocycles. The van der Waals surface area contributed by atoms with Gasteiger partial charge in [-0.15, -0.1) is 0 Å². The number of carboxylic acids is 4. The molecule has 0 amide bonds. The summed E-state index contributed by atoms with van der Waals surface area (Å²) in [5, 5.41) is 71.5. The average molecular weight is 391 g/mol. The van der Waals surface area contributed by atoms with Crippen LogP contribution < -0.4 is 71.8 Å². The second-order valence-electron chi connectivity index (χ2n) is 3.06. The molecule has 0 aliphatic carbocycles. The van der Waals surface area contributed by atoms with Crippen LogP contribution >= 0.6 is 0 Å². The molecule has 0 saturated carbocycles. The monoisotopic (exact) mass is 391 g/mol. The third-order valence-electron chi connectivity index (χ3n) is 1.56. The summed E-state index contributed by atoms with van der Waals surface area (Å²) in [6, 6.07) is 0. The second kappa shape index (κ2) is 14.5. The maximum absolute atomic E-state index is 9.63. The molecule has 0 saturated heterocycles. The summed E-state index contributed by atoms with van der Waals surface area (Å²) < 4.78 is 0. The van der Waals surface area contributed by atoms with Gasteiger partial charge in [-0.05, 0) is 0 Å². The van der Waals surface area contributed by atoms with Crippen molar-refractivity contribution in [1.82, 2.24) is 0 Å². The van der Waals surface area contributed by atoms with Crippen molar-refractivity contribution >= 4 is 23.9 Å². The van der Waals surface area contributed by atoms with Crippen LogP contribution in [0.5, 0.6) is 0 Å². The van der Waals surface area contributed by atoms with Crippen LogP contribution in [-0.2, 0) is 36.2 Å². The number of aliphatic hydroxyl groups is 4. The van der Waals surface area contributed by atoms with Crippen molar-refractivity contribution in [3.8, 4) is 0 Å². The molecule has 1 radical (unpaired) electrons. The molecule has 121 valence electrons. The number of aliphatic hydroxyl groups excluding tert-OH is 4. The summed E-state index contributed by atoms with van der Waals surface area (Å²) in [7, 11) is 0. The number of carboxylic acid groups (broad SMARTS) is 4. The minimum Gasteiger partial charge on any atom is -0.547 e. The van der Waals surface area contributed by atoms with Gasteiger partial charge in [-0.25, -0.2) is 0 Å². The minimum absolute atomic E-state index is 0. The molecule has 14 heteroatoms. The molecule has 12 nitrogen and oxygen atoms in total. The fraction of sp³-hybridized carbons (Fsp3) is 0.500. The maximum atomic E-state index is 9.63. The summed E-state index contributed by atoms with van der Waals surface area (Å²) in [5.74, 6) is -8.23. The Hall–Kier alpha value is -0.124. The van der Waals surface area contributed by atoms with E-state index >= 15 is 0 Å². The largest absolute Gasteiger partial charge is 3.00 e. The number of aliphatic carboxylic acids is 4. The van der Waals surface area contributed by atoms with Crippen LogP contribution in [0.1, 0.15) is 0 Å². The third kappa shape index (κ3) is 12.4. The predicted octanol–water partition coefficient (Wildman–Crippen LogP) is -12.6. The van der Waals surface area contributed by atoms with Gasteiger partial charge in [0.05, 0.1) is 23.9 Å². The molecule has 0 bridgehead atoms. The van der Waals surface area contributed by atoms with E-state index in [-0.39, 0.29) is 68.5 Å². The maximum Gasteiger partial charge on any atom is 3.00 e. The Morgan fingerprint density at radius 2 is 0.636 bits per heavy atom. The van der Waals surface area contributed by atoms with E-state index in [0.717, 1.165) is 0 Å². The first-order valence-corrected chi connectivity index (χ1v) is 4.49. The molecule has 0 heterocycles. The Morgan fingerprint density at radius 1 is 0.545 bits per heavy atom. The molecule has 22 heavy (non-hydrogen) atoms. The Kier molecular flexibility index (Phi) is 19.6. The molecule has 0 fully saturated rings. The van der Waals surface area contributed by atoms with Gasteiger partial charge in [-0.3, -0.25) is 0 Å². The van der Waals surface area contributed by atoms with Crippen molar-refractivity contribution in [2.24, 2.45) is 0 Å². The van der Waals surface area contributed by atoms with E-state index in [1.165, 1.54) is 0 Å². The third-order valence-corrected chi connectivity index (χ3v) is 1.56. The molecule has 0 aromatic heterocycles. The first kappa shape index (κ1) is 29.8. The molecular formula is C8H8FeKO12. The van der Waals surface area contributed by atoms with Crippen LogP contribution in [0.3, 0.4) is 0 Å². The van der Waals surface area contributed by atoms with Crippen molar-refractivity contribution in [2.45, 2.75) is 24.4 Å². The number of hydrogen-bond acceptors (Lipinski definition) is 12. The van der Waals surface area contributed by atoms with E-state index in [1.807, 2.05) is 0 Å². The van der Waals surface area contributed by atoms with Gasteiger partial charge in [0, 0.05) is 0 Å². The van der Waals surface area contributed by atoms with Crippen LogP contribution in [0, 0.1) is 0 Å². The number of rotatable bonds is 6. The summed E-state index contributed by atoms with van der Waals surface area (Å²) in [5.41, 5.74) is 0. The topological polar surface area (TPSA) is 241 Å². The van der Waals surface area contributed by atoms with Gasteiger partial charge >= 0.3 is 68.5 Å². The molecular weight excluding hydrogens is 383 g/mol. The average Bonchev–Trinajstić information content (AvgIpc) is 2.35. The zero-order valence-corrected chi connectivity index (χ0v) is 14.9. The Balaban J connectivity index is -0.000000135. The van der Waals surface area contributed by atoms with Crippen molar-refractivity contribution in [3.63, 3.8) is 0 Å². The van der Waals surface area contributed by atoms with Gasteiger partial charge in [0.1, 0.15) is 24.4 Å². The van der Waals surface area contributed by atoms with Gasteiger partial charge in [0.15, 0.2) is 0 Å². The van der Waals surface area contributed by atoms with Gasteiger partial charge in [-0.1, -0.05) is 0 Å². The summed E-state index contributed by atoms with van der Waals surface area (Å²) in [4.78, 5) is 38.5. The smallest absolute Gasteiger partial charge is 0.547 e. The van der Waals surface area contributed by atoms with E-state index in [1.54, 1.807) is 0 Å². The van der Waals surface area contributed by atoms with Crippen LogP contribution in [0.4, 0.5) is 0 Å². The second-order valence-corrected chi connectivity index (χ2v) is 3.06. The van der Waals surface area contributed by atoms with Crippen LogP contribution in [0.15, 0.2) is 0 Å². The van der Waals surface area contributed by atoms with E-state index in [4.69, 9.17) is 20.4 Å². The van der Waals surface area contributed by atoms with Crippen LogP contribution in [0.2, 0.25) is 0 Å². The van der Waals surface area contributed by atoms with E-state index in [9.17, 15) is 39.6 Å². The molecule has 0 aliphatic rings. The summed E-state index contributed by atoms with van der Waals surface area (Å²) in [6.45, 7) is 0. The molecule has 0 aliphatic heterocycles. The first-order valence-electron chi connectivity index (χ1n) is 4.49. The van der Waals surface area contributed by atoms with Crippen LogP contribution in [-0.4, -0.2) is 68.7 Å². The van der Waals surface area contributed by atoms with E-state index in [0.29, 0.717) is 0 Å². The molecule has 0 aromatic rings. The fourth-order valence-corrected chi connectivity index (χ4v) is 0.516. The number of hydrogen-bond donors (Lipinski definition) is 4. The molecule has 0 spiro atoms. The van der Waals surface area contributed by atoms with Crippen molar-refractivity contribution in [3.05, 3.63) is 0 Å². The van der Waals surface area contributed by atoms with E-state index in [2.05, 4.69) is 0 Å². The van der Waals surface area contributed by atoms with Gasteiger partial charge in [0.25, 0.3) is 0 Å². The van der Waals surface area contributed by atoms with Crippen molar-refractivity contribution in [2.75, 3.05) is 0 Å². The quantitative estimate of drug-likeness (QED) is 0.308. The van der Waals surface area contributed by atoms with Crippen molar-refractivity contribution < 1.29 is 128 Å². The standard InChI is InChI=1S/2C4H6O6.Fe.K/c2*5-1(3(7)8)2(6)4(9)10;;/h2*1-2,5-6H,(H,7,8)(H,9,10);;/q;;+3;+1/p-4/t1-,2-;;;/m1.../s1. The summed E-state index contributed by atoms with van der Waals surface area (Å²) in [6.07, 6.45) is -9.76. The molecule has 0 rings (SSSR count). The number of carbonyl (C=O) groups is 4. The van der Waals surface area contributed by atoms with Gasteiger partial charge in [-0.2, -0.15) is 0 Å². The molecule has 2 unspecified atom stereocenters. The Labute approximate surface area is 175 Å². The van der Waals surface area contributed by atoms with Crippen molar-refractivity contribution in [1.29, 1.82) is 0 Å². The van der Waals surface area contributed by atoms with Gasteiger partial charge in [0.2, 0.25) is 0 Å². The zero-order valence-electron chi connectivity index (χ0n) is 10.7. The van der Waals surface area contributed by atoms with E-state index < -0.39 is 48.3 Å². The SMILES string of the molecule is O=C([O-])C(O)C(O)C(=O)[O-].O=C([O-])[C@H](O)[C@@H](O)C(=O)[O-].[Fe+3].[K+]. The summed E-state index contributed by atoms with van der Waals surface area (Å²) >= 11 is 0. The molecule has 4 atom stereocenters. The number of carbonyl (C=O) groups excluding carboxylic acids is 4. The predicted molar refractivity (Wildman–Crippen MR) is 44.1 cm³/mol. The normalized spacial score (nSPS) is 14.4. The van der Waals surface area contributed by atoms with Crippen LogP contribution in [0.25, 0.3) is 0 Å². The van der Waals surface area contributed by atoms with Gasteiger partial charge < -0.3 is 60.0 Å². The Morgan fingerprint density at radius 3 is 0.682 bits per heavy atom. The molecule has 4 N–H and O–H groups in total. The zero-order chi connectivity index (χ0) is 16.6. The minimum atomic E-state index is -2.44. The fourth-order valence-electron chi connectivity index (χ4n) is 0.516.